The summed E-state index contributed by atoms with van der Waals surface area (Å²) in [5, 5.41) is 3.25. The molecule has 0 saturated carbocycles. The van der Waals surface area contributed by atoms with Crippen LogP contribution in [0.5, 0.6) is 0 Å². The zero-order valence-electron chi connectivity index (χ0n) is 13.4. The van der Waals surface area contributed by atoms with Gasteiger partial charge >= 0.3 is 0 Å². The van der Waals surface area contributed by atoms with Gasteiger partial charge in [0.05, 0.1) is 43.5 Å². The van der Waals surface area contributed by atoms with Crippen molar-refractivity contribution < 1.29 is 13.5 Å². The first-order valence-corrected chi connectivity index (χ1v) is 8.34. The number of halogens is 1. The van der Waals surface area contributed by atoms with Gasteiger partial charge in [-0.3, -0.25) is 4.90 Å². The summed E-state index contributed by atoms with van der Waals surface area (Å²) in [6, 6.07) is 4.08. The van der Waals surface area contributed by atoms with E-state index in [4.69, 9.17) is 9.15 Å². The lowest BCUT2D eigenvalue weighted by atomic mass is 9.88. The molecule has 0 unspecified atom stereocenters. The third kappa shape index (κ3) is 3.42. The Kier molecular flexibility index (Phi) is 4.20. The molecule has 2 fully saturated rings. The van der Waals surface area contributed by atoms with E-state index >= 15 is 0 Å². The summed E-state index contributed by atoms with van der Waals surface area (Å²) >= 11 is 0. The van der Waals surface area contributed by atoms with E-state index in [0.717, 1.165) is 44.7 Å². The molecule has 2 aromatic heterocycles. The highest BCUT2D eigenvalue weighted by atomic mass is 19.1. The van der Waals surface area contributed by atoms with Crippen LogP contribution < -0.4 is 5.32 Å². The Morgan fingerprint density at radius 3 is 3.04 bits per heavy atom. The first-order valence-electron chi connectivity index (χ1n) is 8.34. The predicted molar refractivity (Wildman–Crippen MR) is 85.9 cm³/mol. The van der Waals surface area contributed by atoms with Gasteiger partial charge in [0.1, 0.15) is 5.76 Å². The van der Waals surface area contributed by atoms with Crippen LogP contribution in [0.25, 0.3) is 0 Å². The molecule has 2 aliphatic heterocycles. The SMILES string of the molecule is Fc1cnc(N[C@@H]2CO[C@@]3(CCCN(Cc4ccco4)C3)C2)nc1. The molecule has 2 aliphatic rings. The molecule has 24 heavy (non-hydrogen) atoms. The number of hydrogen-bond donors (Lipinski definition) is 1. The van der Waals surface area contributed by atoms with Crippen molar-refractivity contribution in [1.29, 1.82) is 0 Å². The van der Waals surface area contributed by atoms with Crippen LogP contribution in [0.4, 0.5) is 10.3 Å². The minimum atomic E-state index is -0.430. The van der Waals surface area contributed by atoms with Crippen LogP contribution >= 0.6 is 0 Å². The molecule has 4 rings (SSSR count). The van der Waals surface area contributed by atoms with E-state index in [-0.39, 0.29) is 11.6 Å². The van der Waals surface area contributed by atoms with Crippen molar-refractivity contribution >= 4 is 5.95 Å². The second kappa shape index (κ2) is 6.49. The van der Waals surface area contributed by atoms with Gasteiger partial charge in [0.2, 0.25) is 5.95 Å². The maximum Gasteiger partial charge on any atom is 0.223 e. The van der Waals surface area contributed by atoms with E-state index in [1.165, 1.54) is 12.4 Å². The Morgan fingerprint density at radius 2 is 2.25 bits per heavy atom. The second-order valence-corrected chi connectivity index (χ2v) is 6.66. The lowest BCUT2D eigenvalue weighted by molar-refractivity contribution is -0.0544. The Balaban J connectivity index is 1.36. The maximum absolute atomic E-state index is 12.9. The van der Waals surface area contributed by atoms with E-state index in [2.05, 4.69) is 20.2 Å². The van der Waals surface area contributed by atoms with Gasteiger partial charge in [-0.05, 0) is 31.5 Å². The molecule has 128 valence electrons. The van der Waals surface area contributed by atoms with Crippen LogP contribution in [0, 0.1) is 5.82 Å². The van der Waals surface area contributed by atoms with Crippen molar-refractivity contribution in [2.24, 2.45) is 0 Å². The van der Waals surface area contributed by atoms with Gasteiger partial charge in [-0.15, -0.1) is 0 Å². The topological polar surface area (TPSA) is 63.4 Å². The zero-order valence-corrected chi connectivity index (χ0v) is 13.4. The fourth-order valence-corrected chi connectivity index (χ4v) is 3.74. The maximum atomic E-state index is 12.9. The van der Waals surface area contributed by atoms with Gasteiger partial charge in [-0.2, -0.15) is 0 Å². The van der Waals surface area contributed by atoms with E-state index in [1.807, 2.05) is 12.1 Å². The van der Waals surface area contributed by atoms with Crippen molar-refractivity contribution in [2.75, 3.05) is 25.0 Å². The molecule has 0 amide bonds. The van der Waals surface area contributed by atoms with Crippen LogP contribution in [0.3, 0.4) is 0 Å². The van der Waals surface area contributed by atoms with Crippen molar-refractivity contribution in [2.45, 2.75) is 37.5 Å². The van der Waals surface area contributed by atoms with Crippen LogP contribution in [-0.4, -0.2) is 46.2 Å². The largest absolute Gasteiger partial charge is 0.468 e. The molecule has 2 saturated heterocycles. The monoisotopic (exact) mass is 332 g/mol. The molecule has 0 aliphatic carbocycles. The number of furan rings is 1. The summed E-state index contributed by atoms with van der Waals surface area (Å²) < 4.78 is 24.5. The number of ether oxygens (including phenoxy) is 1. The quantitative estimate of drug-likeness (QED) is 0.928. The number of rotatable bonds is 4. The molecule has 1 spiro atoms. The van der Waals surface area contributed by atoms with Crippen LogP contribution in [0.1, 0.15) is 25.0 Å². The van der Waals surface area contributed by atoms with E-state index in [9.17, 15) is 4.39 Å². The summed E-state index contributed by atoms with van der Waals surface area (Å²) in [5.41, 5.74) is -0.122. The zero-order chi connectivity index (χ0) is 16.4. The third-order valence-corrected chi connectivity index (χ3v) is 4.74. The minimum absolute atomic E-state index is 0.122. The fourth-order valence-electron chi connectivity index (χ4n) is 3.74. The Morgan fingerprint density at radius 1 is 1.38 bits per heavy atom. The number of aromatic nitrogens is 2. The number of likely N-dealkylation sites (tertiary alicyclic amines) is 1. The van der Waals surface area contributed by atoms with Crippen molar-refractivity contribution in [1.82, 2.24) is 14.9 Å². The molecule has 1 N–H and O–H groups in total. The van der Waals surface area contributed by atoms with Crippen molar-refractivity contribution in [3.05, 3.63) is 42.4 Å². The van der Waals surface area contributed by atoms with Gasteiger partial charge in [-0.25, -0.2) is 14.4 Å². The average Bonchev–Trinajstić information content (AvgIpc) is 3.21. The van der Waals surface area contributed by atoms with Crippen LogP contribution in [0.15, 0.2) is 35.2 Å². The summed E-state index contributed by atoms with van der Waals surface area (Å²) in [6.07, 6.45) is 7.13. The number of piperidine rings is 1. The highest BCUT2D eigenvalue weighted by molar-refractivity contribution is 5.25. The first-order chi connectivity index (χ1) is 11.7. The van der Waals surface area contributed by atoms with E-state index < -0.39 is 5.82 Å². The van der Waals surface area contributed by atoms with Gasteiger partial charge in [0.25, 0.3) is 0 Å². The highest BCUT2D eigenvalue weighted by Gasteiger charge is 2.43. The lowest BCUT2D eigenvalue weighted by Gasteiger charge is -2.39. The summed E-state index contributed by atoms with van der Waals surface area (Å²) in [4.78, 5) is 10.3. The number of nitrogens with one attached hydrogen (secondary N) is 1. The van der Waals surface area contributed by atoms with Gasteiger partial charge in [0.15, 0.2) is 5.82 Å². The molecular formula is C17H21FN4O2. The fraction of sp³-hybridized carbons (Fsp3) is 0.529. The number of hydrogen-bond acceptors (Lipinski definition) is 6. The standard InChI is InChI=1S/C17H21FN4O2/c18-13-8-19-16(20-9-13)21-14-7-17(24-11-14)4-2-5-22(12-17)10-15-3-1-6-23-15/h1,3,6,8-9,14H,2,4-5,7,10-12H2,(H,19,20,21)/t14-,17-/m0/s1. The third-order valence-electron chi connectivity index (χ3n) is 4.74. The average molecular weight is 332 g/mol. The predicted octanol–water partition coefficient (Wildman–Crippen LogP) is 2.44. The summed E-state index contributed by atoms with van der Waals surface area (Å²) in [5.74, 6) is 1.00. The molecule has 6 nitrogen and oxygen atoms in total. The normalized spacial score (nSPS) is 27.6. The van der Waals surface area contributed by atoms with Gasteiger partial charge in [-0.1, -0.05) is 0 Å². The van der Waals surface area contributed by atoms with Crippen LogP contribution in [0.2, 0.25) is 0 Å². The Hall–Kier alpha value is -1.99. The van der Waals surface area contributed by atoms with Gasteiger partial charge in [0, 0.05) is 13.0 Å². The molecular weight excluding hydrogens is 311 g/mol. The number of nitrogens with zero attached hydrogens (tertiary/aromatic N) is 3. The Bertz CT molecular complexity index is 664. The smallest absolute Gasteiger partial charge is 0.223 e. The first kappa shape index (κ1) is 15.5. The molecule has 2 aromatic rings. The number of anilines is 1. The highest BCUT2D eigenvalue weighted by Crippen LogP contribution is 2.36. The van der Waals surface area contributed by atoms with Gasteiger partial charge < -0.3 is 14.5 Å². The van der Waals surface area contributed by atoms with Crippen LogP contribution in [-0.2, 0) is 11.3 Å². The molecule has 0 radical (unpaired) electrons. The molecule has 7 heteroatoms. The van der Waals surface area contributed by atoms with Crippen molar-refractivity contribution in [3.63, 3.8) is 0 Å². The summed E-state index contributed by atoms with van der Waals surface area (Å²) in [6.45, 7) is 3.40. The lowest BCUT2D eigenvalue weighted by Crippen LogP contribution is -2.47. The molecule has 0 bridgehead atoms. The second-order valence-electron chi connectivity index (χ2n) is 6.66. The Labute approximate surface area is 140 Å². The van der Waals surface area contributed by atoms with E-state index in [0.29, 0.717) is 12.6 Å². The summed E-state index contributed by atoms with van der Waals surface area (Å²) in [7, 11) is 0. The molecule has 2 atom stereocenters. The van der Waals surface area contributed by atoms with Crippen molar-refractivity contribution in [3.8, 4) is 0 Å². The molecule has 0 aromatic carbocycles. The minimum Gasteiger partial charge on any atom is -0.468 e. The van der Waals surface area contributed by atoms with E-state index in [1.54, 1.807) is 6.26 Å². The molecule has 4 heterocycles.